The van der Waals surface area contributed by atoms with Gasteiger partial charge in [-0.05, 0) is 0 Å². The Morgan fingerprint density at radius 1 is 1.67 bits per heavy atom. The molecule has 0 aromatic heterocycles. The Morgan fingerprint density at radius 3 is 2.58 bits per heavy atom. The summed E-state index contributed by atoms with van der Waals surface area (Å²) in [5, 5.41) is 11.5. The van der Waals surface area contributed by atoms with Crippen molar-refractivity contribution in [2.24, 2.45) is 0 Å². The number of carbonyl (C=O) groups excluding carboxylic acids is 1. The molecule has 0 spiro atoms. The monoisotopic (exact) mass is 209 g/mol. The number of aliphatic carboxylic acids is 1. The average molecular weight is 209 g/mol. The van der Waals surface area contributed by atoms with Gasteiger partial charge in [-0.3, -0.25) is 4.79 Å². The van der Waals surface area contributed by atoms with Gasteiger partial charge in [0.15, 0.2) is 0 Å². The van der Waals surface area contributed by atoms with Gasteiger partial charge in [0.05, 0.1) is 0 Å². The molecule has 0 aliphatic carbocycles. The molecule has 0 heterocycles. The first-order chi connectivity index (χ1) is 5.57. The largest absolute Gasteiger partial charge is 0.480 e. The molecule has 0 aliphatic rings. The predicted molar refractivity (Wildman–Crippen MR) is 51.6 cm³/mol. The van der Waals surface area contributed by atoms with Crippen LogP contribution in [0.3, 0.4) is 0 Å². The molecule has 1 amide bonds. The van der Waals surface area contributed by atoms with Gasteiger partial charge in [-0.15, -0.1) is 11.8 Å². The second-order valence-corrected chi connectivity index (χ2v) is 3.87. The van der Waals surface area contributed by atoms with E-state index >= 15 is 0 Å². The van der Waals surface area contributed by atoms with Gasteiger partial charge in [0.1, 0.15) is 6.04 Å². The van der Waals surface area contributed by atoms with Gasteiger partial charge in [0.25, 0.3) is 0 Å². The third kappa shape index (κ3) is 5.31. The summed E-state index contributed by atoms with van der Waals surface area (Å²) in [4.78, 5) is 21.0. The highest BCUT2D eigenvalue weighted by atomic mass is 32.2. The lowest BCUT2D eigenvalue weighted by Crippen LogP contribution is -2.41. The maximum absolute atomic E-state index is 10.5. The number of rotatable bonds is 5. The van der Waals surface area contributed by atoms with E-state index < -0.39 is 12.0 Å². The van der Waals surface area contributed by atoms with Crippen molar-refractivity contribution < 1.29 is 14.7 Å². The number of carboxylic acids is 1. The first-order valence-corrected chi connectivity index (χ1v) is 5.05. The van der Waals surface area contributed by atoms with Crippen LogP contribution in [0.2, 0.25) is 0 Å². The zero-order valence-corrected chi connectivity index (χ0v) is 8.32. The van der Waals surface area contributed by atoms with Gasteiger partial charge < -0.3 is 10.4 Å². The van der Waals surface area contributed by atoms with Crippen molar-refractivity contribution in [2.45, 2.75) is 13.0 Å². The molecule has 0 aromatic carbocycles. The average Bonchev–Trinajstić information content (AvgIpc) is 1.96. The van der Waals surface area contributed by atoms with E-state index in [1.165, 1.54) is 18.7 Å². The Hall–Kier alpha value is -0.360. The minimum absolute atomic E-state index is 0.331. The summed E-state index contributed by atoms with van der Waals surface area (Å²) in [6, 6.07) is -0.806. The quantitative estimate of drug-likeness (QED) is 0.447. The Kier molecular flexibility index (Phi) is 6.00. The Balaban J connectivity index is 3.87. The number of nitrogens with one attached hydrogen (secondary N) is 1. The predicted octanol–water partition coefficient (Wildman–Crippen LogP) is 0.196. The fourth-order valence-electron chi connectivity index (χ4n) is 0.591. The van der Waals surface area contributed by atoms with Crippen LogP contribution >= 0.6 is 24.4 Å². The van der Waals surface area contributed by atoms with E-state index in [1.807, 2.05) is 0 Å². The first kappa shape index (κ1) is 11.6. The topological polar surface area (TPSA) is 66.4 Å². The summed E-state index contributed by atoms with van der Waals surface area (Å²) in [5.41, 5.74) is 0. The van der Waals surface area contributed by atoms with Gasteiger partial charge in [0.2, 0.25) is 5.91 Å². The SMILES string of the molecule is CC(=O)NC(CSCS)C(=O)O. The molecule has 70 valence electrons. The molecule has 0 saturated carbocycles. The number of thiol groups is 1. The van der Waals surface area contributed by atoms with Gasteiger partial charge in [-0.25, -0.2) is 4.79 Å². The summed E-state index contributed by atoms with van der Waals surface area (Å²) in [6.07, 6.45) is 0. The zero-order chi connectivity index (χ0) is 9.56. The summed E-state index contributed by atoms with van der Waals surface area (Å²) in [5.74, 6) is -1.00. The summed E-state index contributed by atoms with van der Waals surface area (Å²) in [7, 11) is 0. The van der Waals surface area contributed by atoms with Crippen molar-refractivity contribution in [1.82, 2.24) is 5.32 Å². The summed E-state index contributed by atoms with van der Waals surface area (Å²) in [6.45, 7) is 1.29. The number of hydrogen-bond acceptors (Lipinski definition) is 4. The third-order valence-corrected chi connectivity index (χ3v) is 2.35. The second-order valence-electron chi connectivity index (χ2n) is 2.09. The third-order valence-electron chi connectivity index (χ3n) is 1.05. The minimum atomic E-state index is -1.01. The molecule has 1 atom stereocenters. The summed E-state index contributed by atoms with van der Waals surface area (Å²) < 4.78 is 0. The number of hydrogen-bond donors (Lipinski definition) is 3. The molecular weight excluding hydrogens is 198 g/mol. The van der Waals surface area contributed by atoms with E-state index in [9.17, 15) is 9.59 Å². The number of amides is 1. The maximum Gasteiger partial charge on any atom is 0.327 e. The van der Waals surface area contributed by atoms with Crippen molar-refractivity contribution in [2.75, 3.05) is 10.8 Å². The molecule has 0 aromatic rings. The van der Waals surface area contributed by atoms with Crippen LogP contribution in [0.5, 0.6) is 0 Å². The lowest BCUT2D eigenvalue weighted by atomic mass is 10.3. The lowest BCUT2D eigenvalue weighted by molar-refractivity contribution is -0.140. The van der Waals surface area contributed by atoms with Crippen molar-refractivity contribution in [3.63, 3.8) is 0 Å². The first-order valence-electron chi connectivity index (χ1n) is 3.26. The second kappa shape index (κ2) is 6.19. The molecule has 6 heteroatoms. The van der Waals surface area contributed by atoms with Crippen LogP contribution in [0.25, 0.3) is 0 Å². The molecule has 4 nitrogen and oxygen atoms in total. The van der Waals surface area contributed by atoms with Crippen molar-refractivity contribution in [3.8, 4) is 0 Å². The molecule has 2 N–H and O–H groups in total. The van der Waals surface area contributed by atoms with Gasteiger partial charge in [-0.1, -0.05) is 0 Å². The van der Waals surface area contributed by atoms with Gasteiger partial charge in [-0.2, -0.15) is 12.6 Å². The molecule has 0 saturated heterocycles. The van der Waals surface area contributed by atoms with E-state index in [-0.39, 0.29) is 5.91 Å². The van der Waals surface area contributed by atoms with Crippen LogP contribution in [-0.4, -0.2) is 33.9 Å². The smallest absolute Gasteiger partial charge is 0.327 e. The van der Waals surface area contributed by atoms with E-state index in [2.05, 4.69) is 17.9 Å². The van der Waals surface area contributed by atoms with Crippen LogP contribution in [0.1, 0.15) is 6.92 Å². The van der Waals surface area contributed by atoms with Gasteiger partial charge >= 0.3 is 5.97 Å². The Labute approximate surface area is 80.5 Å². The standard InChI is InChI=1S/C6H11NO3S2/c1-4(8)7-5(6(9)10)2-12-3-11/h5,11H,2-3H2,1H3,(H,7,8)(H,9,10). The molecule has 0 radical (unpaired) electrons. The van der Waals surface area contributed by atoms with E-state index in [4.69, 9.17) is 5.11 Å². The summed E-state index contributed by atoms with van der Waals surface area (Å²) >= 11 is 5.27. The highest BCUT2D eigenvalue weighted by molar-refractivity contribution is 8.09. The molecule has 12 heavy (non-hydrogen) atoms. The van der Waals surface area contributed by atoms with Crippen LogP contribution in [0, 0.1) is 0 Å². The number of carboxylic acid groups (broad SMARTS) is 1. The molecule has 0 bridgehead atoms. The van der Waals surface area contributed by atoms with Crippen LogP contribution in [-0.2, 0) is 9.59 Å². The van der Waals surface area contributed by atoms with Crippen molar-refractivity contribution >= 4 is 36.3 Å². The normalized spacial score (nSPS) is 12.2. The van der Waals surface area contributed by atoms with Gasteiger partial charge in [0, 0.05) is 17.8 Å². The fraction of sp³-hybridized carbons (Fsp3) is 0.667. The molecular formula is C6H11NO3S2. The highest BCUT2D eigenvalue weighted by Crippen LogP contribution is 2.04. The Bertz CT molecular complexity index is 174. The zero-order valence-electron chi connectivity index (χ0n) is 6.61. The minimum Gasteiger partial charge on any atom is -0.480 e. The molecule has 0 rings (SSSR count). The number of thioether (sulfide) groups is 1. The van der Waals surface area contributed by atoms with Crippen molar-refractivity contribution in [3.05, 3.63) is 0 Å². The molecule has 1 unspecified atom stereocenters. The number of carbonyl (C=O) groups is 2. The van der Waals surface area contributed by atoms with Crippen LogP contribution in [0.4, 0.5) is 0 Å². The fourth-order valence-corrected chi connectivity index (χ4v) is 1.47. The van der Waals surface area contributed by atoms with E-state index in [1.54, 1.807) is 0 Å². The van der Waals surface area contributed by atoms with E-state index in [0.29, 0.717) is 10.8 Å². The molecule has 0 fully saturated rings. The van der Waals surface area contributed by atoms with Crippen LogP contribution in [0.15, 0.2) is 0 Å². The van der Waals surface area contributed by atoms with Crippen molar-refractivity contribution in [1.29, 1.82) is 0 Å². The molecule has 0 aliphatic heterocycles. The maximum atomic E-state index is 10.5. The Morgan fingerprint density at radius 2 is 2.25 bits per heavy atom. The van der Waals surface area contributed by atoms with E-state index in [0.717, 1.165) is 0 Å². The van der Waals surface area contributed by atoms with Crippen LogP contribution < -0.4 is 5.32 Å². The highest BCUT2D eigenvalue weighted by Gasteiger charge is 2.17. The lowest BCUT2D eigenvalue weighted by Gasteiger charge is -2.11.